The zero-order valence-electron chi connectivity index (χ0n) is 17.6. The van der Waals surface area contributed by atoms with Crippen molar-refractivity contribution in [3.8, 4) is 0 Å². The van der Waals surface area contributed by atoms with Crippen LogP contribution < -0.4 is 10.6 Å². The number of hydrogen-bond donors (Lipinski definition) is 2. The lowest BCUT2D eigenvalue weighted by atomic mass is 9.85. The van der Waals surface area contributed by atoms with E-state index < -0.39 is 0 Å². The van der Waals surface area contributed by atoms with E-state index in [1.807, 2.05) is 0 Å². The number of allylic oxidation sites excluding steroid dienone is 2. The highest BCUT2D eigenvalue weighted by atomic mass is 127. The number of rotatable bonds is 7. The predicted octanol–water partition coefficient (Wildman–Crippen LogP) is 1.94. The van der Waals surface area contributed by atoms with Gasteiger partial charge in [0, 0.05) is 31.6 Å². The Kier molecular flexibility index (Phi) is 7.56. The quantitative estimate of drug-likeness (QED) is 0.181. The fourth-order valence-corrected chi connectivity index (χ4v) is 5.83. The van der Waals surface area contributed by atoms with E-state index in [9.17, 15) is 9.59 Å². The van der Waals surface area contributed by atoms with E-state index >= 15 is 0 Å². The van der Waals surface area contributed by atoms with E-state index in [1.54, 1.807) is 18.4 Å². The molecule has 2 fully saturated rings. The Balaban J connectivity index is 0.00000256. The van der Waals surface area contributed by atoms with E-state index in [-0.39, 0.29) is 65.5 Å². The number of likely N-dealkylation sites (N-methyl/N-ethyl adjacent to an activating group) is 1. The highest BCUT2D eigenvalue weighted by molar-refractivity contribution is 14.0. The van der Waals surface area contributed by atoms with Crippen LogP contribution in [0.5, 0.6) is 0 Å². The third-order valence-electron chi connectivity index (χ3n) is 6.37. The summed E-state index contributed by atoms with van der Waals surface area (Å²) in [7, 11) is 5.85. The molecule has 1 saturated heterocycles. The molecule has 1 aliphatic heterocycles. The van der Waals surface area contributed by atoms with Crippen molar-refractivity contribution in [3.63, 3.8) is 0 Å². The summed E-state index contributed by atoms with van der Waals surface area (Å²) in [6, 6.07) is 4.44. The maximum atomic E-state index is 12.7. The lowest BCUT2D eigenvalue weighted by Crippen LogP contribution is -2.45. The molecule has 2 N–H and O–H groups in total. The number of halogens is 1. The molecule has 1 aromatic rings. The molecule has 0 radical (unpaired) electrons. The van der Waals surface area contributed by atoms with E-state index in [0.717, 1.165) is 6.42 Å². The van der Waals surface area contributed by atoms with Gasteiger partial charge in [-0.2, -0.15) is 0 Å². The number of carbonyl (C=O) groups is 2. The van der Waals surface area contributed by atoms with E-state index in [4.69, 9.17) is 0 Å². The van der Waals surface area contributed by atoms with Crippen molar-refractivity contribution < 1.29 is 9.59 Å². The smallest absolute Gasteiger partial charge is 0.233 e. The van der Waals surface area contributed by atoms with Gasteiger partial charge in [-0.05, 0) is 43.8 Å². The fourth-order valence-electron chi connectivity index (χ4n) is 4.90. The van der Waals surface area contributed by atoms with Crippen molar-refractivity contribution in [2.24, 2.45) is 28.7 Å². The SMILES string of the molecule is CN=C(NCCN1C(=O)C2C3C=CC(C3)C2C1=O)NCC(c1cccs1)N(C)C.I. The van der Waals surface area contributed by atoms with Gasteiger partial charge in [0.2, 0.25) is 11.8 Å². The Bertz CT molecular complexity index is 795. The average Bonchev–Trinajstić information content (AvgIpc) is 3.48. The first kappa shape index (κ1) is 23.2. The summed E-state index contributed by atoms with van der Waals surface area (Å²) < 4.78 is 0. The van der Waals surface area contributed by atoms with Gasteiger partial charge in [-0.3, -0.25) is 19.5 Å². The molecule has 2 bridgehead atoms. The van der Waals surface area contributed by atoms with Gasteiger partial charge in [0.05, 0.1) is 17.9 Å². The number of nitrogens with one attached hydrogen (secondary N) is 2. The predicted molar refractivity (Wildman–Crippen MR) is 130 cm³/mol. The minimum Gasteiger partial charge on any atom is -0.355 e. The van der Waals surface area contributed by atoms with Gasteiger partial charge in [-0.1, -0.05) is 18.2 Å². The molecule has 30 heavy (non-hydrogen) atoms. The number of carbonyl (C=O) groups excluding carboxylic acids is 2. The molecule has 5 unspecified atom stereocenters. The highest BCUT2D eigenvalue weighted by Crippen LogP contribution is 2.52. The van der Waals surface area contributed by atoms with Crippen LogP contribution in [0.1, 0.15) is 17.3 Å². The zero-order chi connectivity index (χ0) is 20.5. The molecule has 2 aliphatic carbocycles. The third-order valence-corrected chi connectivity index (χ3v) is 7.34. The van der Waals surface area contributed by atoms with Crippen molar-refractivity contribution in [1.82, 2.24) is 20.4 Å². The Hall–Kier alpha value is -1.46. The molecular formula is C21H30IN5O2S. The molecular weight excluding hydrogens is 513 g/mol. The lowest BCUT2D eigenvalue weighted by Gasteiger charge is -2.25. The van der Waals surface area contributed by atoms with Gasteiger partial charge in [-0.15, -0.1) is 35.3 Å². The normalized spacial score (nSPS) is 28.1. The molecule has 7 nitrogen and oxygen atoms in total. The van der Waals surface area contributed by atoms with Crippen LogP contribution in [0.15, 0.2) is 34.7 Å². The zero-order valence-corrected chi connectivity index (χ0v) is 20.7. The van der Waals surface area contributed by atoms with Crippen LogP contribution >= 0.6 is 35.3 Å². The van der Waals surface area contributed by atoms with Gasteiger partial charge in [0.25, 0.3) is 0 Å². The second-order valence-corrected chi connectivity index (χ2v) is 9.18. The van der Waals surface area contributed by atoms with Crippen LogP contribution in [-0.2, 0) is 9.59 Å². The number of likely N-dealkylation sites (tertiary alicyclic amines) is 1. The molecule has 1 saturated carbocycles. The van der Waals surface area contributed by atoms with Gasteiger partial charge < -0.3 is 15.5 Å². The highest BCUT2D eigenvalue weighted by Gasteiger charge is 2.58. The molecule has 1 aromatic heterocycles. The fraction of sp³-hybridized carbons (Fsp3) is 0.571. The minimum absolute atomic E-state index is 0. The first-order valence-corrected chi connectivity index (χ1v) is 11.1. The molecule has 5 atom stereocenters. The molecule has 2 amide bonds. The molecule has 4 rings (SSSR count). The van der Waals surface area contributed by atoms with Crippen molar-refractivity contribution in [1.29, 1.82) is 0 Å². The summed E-state index contributed by atoms with van der Waals surface area (Å²) in [5, 5.41) is 8.68. The summed E-state index contributed by atoms with van der Waals surface area (Å²) in [6.45, 7) is 1.59. The van der Waals surface area contributed by atoms with E-state index in [0.29, 0.717) is 25.6 Å². The van der Waals surface area contributed by atoms with E-state index in [1.165, 1.54) is 9.78 Å². The van der Waals surface area contributed by atoms with Crippen molar-refractivity contribution >= 4 is 53.1 Å². The number of fused-ring (bicyclic) bond motifs is 5. The molecule has 9 heteroatoms. The molecule has 0 aromatic carbocycles. The minimum atomic E-state index is -0.124. The van der Waals surface area contributed by atoms with Crippen LogP contribution in [0.3, 0.4) is 0 Å². The van der Waals surface area contributed by atoms with Gasteiger partial charge >= 0.3 is 0 Å². The third kappa shape index (κ3) is 4.29. The van der Waals surface area contributed by atoms with Crippen molar-refractivity contribution in [3.05, 3.63) is 34.5 Å². The molecule has 0 spiro atoms. The first-order valence-electron chi connectivity index (χ1n) is 10.2. The molecule has 2 heterocycles. The number of guanidine groups is 1. The van der Waals surface area contributed by atoms with Gasteiger partial charge in [0.1, 0.15) is 0 Å². The first-order chi connectivity index (χ1) is 14.0. The summed E-state index contributed by atoms with van der Waals surface area (Å²) in [5.41, 5.74) is 0. The van der Waals surface area contributed by atoms with Crippen LogP contribution in [-0.4, -0.2) is 68.4 Å². The van der Waals surface area contributed by atoms with Gasteiger partial charge in [-0.25, -0.2) is 0 Å². The average molecular weight is 543 g/mol. The summed E-state index contributed by atoms with van der Waals surface area (Å²) in [5.74, 6) is 0.958. The van der Waals surface area contributed by atoms with E-state index in [2.05, 4.69) is 64.3 Å². The second-order valence-electron chi connectivity index (χ2n) is 8.20. The summed E-state index contributed by atoms with van der Waals surface area (Å²) in [4.78, 5) is 34.7. The Morgan fingerprint density at radius 1 is 1.23 bits per heavy atom. The summed E-state index contributed by atoms with van der Waals surface area (Å²) >= 11 is 1.74. The van der Waals surface area contributed by atoms with Crippen molar-refractivity contribution in [2.75, 3.05) is 40.8 Å². The van der Waals surface area contributed by atoms with Crippen LogP contribution in [0, 0.1) is 23.7 Å². The lowest BCUT2D eigenvalue weighted by molar-refractivity contribution is -0.140. The number of aliphatic imine (C=N–C) groups is 1. The van der Waals surface area contributed by atoms with Crippen LogP contribution in [0.4, 0.5) is 0 Å². The number of imide groups is 1. The standard InChI is InChI=1S/C21H29N5O2S.HI/c1-22-21(24-12-15(25(2)3)16-5-4-10-29-16)23-8-9-26-19(27)17-13-6-7-14(11-13)18(17)20(26)28;/h4-7,10,13-15,17-18H,8-9,11-12H2,1-3H3,(H2,22,23,24);1H. The van der Waals surface area contributed by atoms with Crippen molar-refractivity contribution in [2.45, 2.75) is 12.5 Å². The molecule has 164 valence electrons. The maximum Gasteiger partial charge on any atom is 0.233 e. The number of hydrogen-bond acceptors (Lipinski definition) is 5. The largest absolute Gasteiger partial charge is 0.355 e. The monoisotopic (exact) mass is 543 g/mol. The summed E-state index contributed by atoms with van der Waals surface area (Å²) in [6.07, 6.45) is 5.21. The molecule has 3 aliphatic rings. The number of thiophene rings is 1. The van der Waals surface area contributed by atoms with Gasteiger partial charge in [0.15, 0.2) is 5.96 Å². The number of nitrogens with zero attached hydrogens (tertiary/aromatic N) is 3. The maximum absolute atomic E-state index is 12.7. The van der Waals surface area contributed by atoms with Crippen LogP contribution in [0.25, 0.3) is 0 Å². The number of amides is 2. The Labute approximate surface area is 199 Å². The topological polar surface area (TPSA) is 77.0 Å². The second kappa shape index (κ2) is 9.78. The Morgan fingerprint density at radius 2 is 1.90 bits per heavy atom. The Morgan fingerprint density at radius 3 is 2.43 bits per heavy atom. The van der Waals surface area contributed by atoms with Crippen LogP contribution in [0.2, 0.25) is 0 Å².